The third-order valence-electron chi connectivity index (χ3n) is 3.09. The van der Waals surface area contributed by atoms with Crippen LogP contribution in [0.5, 0.6) is 0 Å². The number of aromatic nitrogens is 1. The van der Waals surface area contributed by atoms with E-state index in [2.05, 4.69) is 6.07 Å². The molecule has 0 saturated carbocycles. The monoisotopic (exact) mass is 207 g/mol. The minimum Gasteiger partial charge on any atom is -0.368 e. The Bertz CT molecular complexity index is 395. The Morgan fingerprint density at radius 3 is 3.07 bits per heavy atom. The first-order chi connectivity index (χ1) is 7.09. The van der Waals surface area contributed by atoms with E-state index >= 15 is 0 Å². The van der Waals surface area contributed by atoms with Gasteiger partial charge in [-0.3, -0.25) is 4.79 Å². The van der Waals surface area contributed by atoms with Gasteiger partial charge in [-0.15, -0.1) is 0 Å². The number of rotatable bonds is 2. The van der Waals surface area contributed by atoms with Gasteiger partial charge < -0.3 is 16.0 Å². The van der Waals surface area contributed by atoms with Crippen LogP contribution in [-0.4, -0.2) is 10.5 Å². The Morgan fingerprint density at radius 2 is 2.40 bits per heavy atom. The van der Waals surface area contributed by atoms with E-state index in [1.165, 1.54) is 11.3 Å². The number of aryl methyl sites for hydroxylation is 1. The molecule has 1 heterocycles. The number of carbonyl (C=O) groups excluding carboxylic acids is 1. The molecule has 0 radical (unpaired) electrons. The van der Waals surface area contributed by atoms with Crippen molar-refractivity contribution in [2.75, 3.05) is 0 Å². The van der Waals surface area contributed by atoms with Gasteiger partial charge in [0.2, 0.25) is 5.91 Å². The van der Waals surface area contributed by atoms with Crippen molar-refractivity contribution in [2.45, 2.75) is 38.8 Å². The second-order valence-electron chi connectivity index (χ2n) is 4.24. The summed E-state index contributed by atoms with van der Waals surface area (Å²) < 4.78 is 2.00. The Morgan fingerprint density at radius 1 is 1.67 bits per heavy atom. The molecule has 1 aliphatic rings. The zero-order chi connectivity index (χ0) is 11.0. The van der Waals surface area contributed by atoms with Gasteiger partial charge in [0.25, 0.3) is 0 Å². The van der Waals surface area contributed by atoms with Gasteiger partial charge in [-0.05, 0) is 37.8 Å². The number of nitrogens with zero attached hydrogens (tertiary/aromatic N) is 1. The average Bonchev–Trinajstić information content (AvgIpc) is 2.45. The van der Waals surface area contributed by atoms with Crippen LogP contribution in [0, 0.1) is 6.92 Å². The van der Waals surface area contributed by atoms with Crippen molar-refractivity contribution in [1.29, 1.82) is 0 Å². The summed E-state index contributed by atoms with van der Waals surface area (Å²) in [4.78, 5) is 11.0. The zero-order valence-corrected chi connectivity index (χ0v) is 8.99. The molecule has 0 aliphatic heterocycles. The van der Waals surface area contributed by atoms with Crippen molar-refractivity contribution >= 4 is 5.91 Å². The molecule has 0 spiro atoms. The number of primary amides is 1. The molecule has 0 aromatic carbocycles. The normalized spacial score (nSPS) is 20.0. The minimum atomic E-state index is -0.296. The number of amides is 1. The first kappa shape index (κ1) is 10.2. The fraction of sp³-hybridized carbons (Fsp3) is 0.545. The van der Waals surface area contributed by atoms with E-state index in [0.29, 0.717) is 0 Å². The maximum Gasteiger partial charge on any atom is 0.237 e. The molecular weight excluding hydrogens is 190 g/mol. The lowest BCUT2D eigenvalue weighted by Gasteiger charge is -2.20. The second-order valence-corrected chi connectivity index (χ2v) is 4.24. The molecule has 0 bridgehead atoms. The summed E-state index contributed by atoms with van der Waals surface area (Å²) in [6.07, 6.45) is 3.13. The molecule has 4 nitrogen and oxygen atoms in total. The summed E-state index contributed by atoms with van der Waals surface area (Å²) in [5.74, 6) is -0.296. The van der Waals surface area contributed by atoms with Gasteiger partial charge >= 0.3 is 0 Å². The predicted molar refractivity (Wildman–Crippen MR) is 58.2 cm³/mol. The van der Waals surface area contributed by atoms with E-state index in [4.69, 9.17) is 11.5 Å². The van der Waals surface area contributed by atoms with E-state index < -0.39 is 0 Å². The lowest BCUT2D eigenvalue weighted by atomic mass is 9.93. The van der Waals surface area contributed by atoms with Crippen LogP contribution < -0.4 is 11.5 Å². The molecule has 1 aromatic heterocycles. The van der Waals surface area contributed by atoms with Crippen LogP contribution in [0.25, 0.3) is 0 Å². The van der Waals surface area contributed by atoms with E-state index in [-0.39, 0.29) is 18.5 Å². The van der Waals surface area contributed by atoms with Crippen molar-refractivity contribution in [3.05, 3.63) is 23.0 Å². The van der Waals surface area contributed by atoms with Crippen molar-refractivity contribution in [3.8, 4) is 0 Å². The SMILES string of the molecule is Cc1cc2c(n1CC(N)=O)CCCC2N. The number of fused-ring (bicyclic) bond motifs is 1. The predicted octanol–water partition coefficient (Wildman–Crippen LogP) is 0.618. The summed E-state index contributed by atoms with van der Waals surface area (Å²) in [6, 6.07) is 2.21. The Kier molecular flexibility index (Phi) is 2.52. The number of hydrogen-bond acceptors (Lipinski definition) is 2. The van der Waals surface area contributed by atoms with Gasteiger partial charge in [0.15, 0.2) is 0 Å². The smallest absolute Gasteiger partial charge is 0.237 e. The molecule has 2 rings (SSSR count). The summed E-state index contributed by atoms with van der Waals surface area (Å²) in [5, 5.41) is 0. The third kappa shape index (κ3) is 1.77. The van der Waals surface area contributed by atoms with Gasteiger partial charge in [0.05, 0.1) is 0 Å². The van der Waals surface area contributed by atoms with E-state index in [0.717, 1.165) is 25.0 Å². The molecule has 4 heteroatoms. The molecule has 1 aromatic rings. The van der Waals surface area contributed by atoms with Gasteiger partial charge in [0.1, 0.15) is 6.54 Å². The fourth-order valence-electron chi connectivity index (χ4n) is 2.38. The third-order valence-corrected chi connectivity index (χ3v) is 3.09. The van der Waals surface area contributed by atoms with Gasteiger partial charge in [-0.2, -0.15) is 0 Å². The van der Waals surface area contributed by atoms with Gasteiger partial charge in [-0.25, -0.2) is 0 Å². The molecule has 4 N–H and O–H groups in total. The largest absolute Gasteiger partial charge is 0.368 e. The van der Waals surface area contributed by atoms with Crippen LogP contribution in [0.4, 0.5) is 0 Å². The quantitative estimate of drug-likeness (QED) is 0.746. The topological polar surface area (TPSA) is 74.0 Å². The number of carbonyl (C=O) groups is 1. The average molecular weight is 207 g/mol. The van der Waals surface area contributed by atoms with Crippen molar-refractivity contribution in [2.24, 2.45) is 11.5 Å². The van der Waals surface area contributed by atoms with Crippen molar-refractivity contribution in [1.82, 2.24) is 4.57 Å². The standard InChI is InChI=1S/C11H17N3O/c1-7-5-8-9(12)3-2-4-10(8)14(7)6-11(13)15/h5,9H,2-4,6,12H2,1H3,(H2,13,15). The Labute approximate surface area is 89.2 Å². The van der Waals surface area contributed by atoms with Gasteiger partial charge in [-0.1, -0.05) is 0 Å². The lowest BCUT2D eigenvalue weighted by Crippen LogP contribution is -2.23. The van der Waals surface area contributed by atoms with Crippen molar-refractivity contribution in [3.63, 3.8) is 0 Å². The maximum absolute atomic E-state index is 11.0. The summed E-state index contributed by atoms with van der Waals surface area (Å²) in [6.45, 7) is 2.27. The van der Waals surface area contributed by atoms with Crippen LogP contribution >= 0.6 is 0 Å². The first-order valence-corrected chi connectivity index (χ1v) is 5.32. The highest BCUT2D eigenvalue weighted by Crippen LogP contribution is 2.30. The van der Waals surface area contributed by atoms with Crippen molar-refractivity contribution < 1.29 is 4.79 Å². The highest BCUT2D eigenvalue weighted by molar-refractivity contribution is 5.73. The molecule has 0 fully saturated rings. The molecule has 0 saturated heterocycles. The van der Waals surface area contributed by atoms with Crippen LogP contribution in [0.3, 0.4) is 0 Å². The van der Waals surface area contributed by atoms with E-state index in [1.807, 2.05) is 11.5 Å². The highest BCUT2D eigenvalue weighted by atomic mass is 16.1. The number of nitrogens with two attached hydrogens (primary N) is 2. The highest BCUT2D eigenvalue weighted by Gasteiger charge is 2.22. The molecule has 1 aliphatic carbocycles. The summed E-state index contributed by atoms with van der Waals surface area (Å²) in [7, 11) is 0. The van der Waals surface area contributed by atoms with E-state index in [1.54, 1.807) is 0 Å². The summed E-state index contributed by atoms with van der Waals surface area (Å²) >= 11 is 0. The second kappa shape index (κ2) is 3.70. The molecule has 1 amide bonds. The first-order valence-electron chi connectivity index (χ1n) is 5.32. The van der Waals surface area contributed by atoms with Crippen LogP contribution in [0.15, 0.2) is 6.07 Å². The van der Waals surface area contributed by atoms with Crippen LogP contribution in [0.1, 0.15) is 35.8 Å². The summed E-state index contributed by atoms with van der Waals surface area (Å²) in [5.41, 5.74) is 14.7. The molecule has 82 valence electrons. The van der Waals surface area contributed by atoms with E-state index in [9.17, 15) is 4.79 Å². The zero-order valence-electron chi connectivity index (χ0n) is 8.99. The minimum absolute atomic E-state index is 0.126. The Hall–Kier alpha value is -1.29. The molecule has 1 atom stereocenters. The lowest BCUT2D eigenvalue weighted by molar-refractivity contribution is -0.118. The van der Waals surface area contributed by atoms with Crippen LogP contribution in [-0.2, 0) is 17.8 Å². The fourth-order valence-corrected chi connectivity index (χ4v) is 2.38. The Balaban J connectivity index is 2.42. The maximum atomic E-state index is 11.0. The molecule has 15 heavy (non-hydrogen) atoms. The van der Waals surface area contributed by atoms with Crippen LogP contribution in [0.2, 0.25) is 0 Å². The number of hydrogen-bond donors (Lipinski definition) is 2. The molecule has 1 unspecified atom stereocenters. The molecular formula is C11H17N3O. The van der Waals surface area contributed by atoms with Gasteiger partial charge in [0, 0.05) is 17.4 Å².